The second-order valence-electron chi connectivity index (χ2n) is 4.00. The van der Waals surface area contributed by atoms with Gasteiger partial charge in [0.1, 0.15) is 5.69 Å². The summed E-state index contributed by atoms with van der Waals surface area (Å²) >= 11 is 5.88. The lowest BCUT2D eigenvalue weighted by atomic mass is 10.1. The highest BCUT2D eigenvalue weighted by molar-refractivity contribution is 6.46. The maximum Gasteiger partial charge on any atom is 0.271 e. The Hall–Kier alpha value is -1.88. The van der Waals surface area contributed by atoms with Gasteiger partial charge in [-0.1, -0.05) is 11.6 Å². The monoisotopic (exact) mass is 266 g/mol. The molecule has 0 aliphatic carbocycles. The Labute approximate surface area is 111 Å². The molecular formula is C12H15ClN4O. The van der Waals surface area contributed by atoms with Gasteiger partial charge in [0.05, 0.1) is 10.7 Å². The third-order valence-corrected chi connectivity index (χ3v) is 2.73. The average molecular weight is 267 g/mol. The van der Waals surface area contributed by atoms with Crippen LogP contribution < -0.4 is 5.73 Å². The third kappa shape index (κ3) is 3.07. The molecule has 0 spiro atoms. The SMILES string of the molecule is C/C(N)=C(\Cl)C(=N)c1ccc(C(=O)N(C)C)nc1. The summed E-state index contributed by atoms with van der Waals surface area (Å²) in [6, 6.07) is 3.18. The summed E-state index contributed by atoms with van der Waals surface area (Å²) in [7, 11) is 3.30. The highest BCUT2D eigenvalue weighted by Crippen LogP contribution is 2.13. The normalized spacial score (nSPS) is 11.8. The van der Waals surface area contributed by atoms with Crippen LogP contribution in [-0.4, -0.2) is 35.6 Å². The number of hydrogen-bond donors (Lipinski definition) is 2. The van der Waals surface area contributed by atoms with Crippen LogP contribution in [0.4, 0.5) is 0 Å². The molecule has 5 nitrogen and oxygen atoms in total. The summed E-state index contributed by atoms with van der Waals surface area (Å²) in [4.78, 5) is 17.1. The van der Waals surface area contributed by atoms with E-state index in [1.54, 1.807) is 33.2 Å². The van der Waals surface area contributed by atoms with Crippen molar-refractivity contribution in [3.8, 4) is 0 Å². The fraction of sp³-hybridized carbons (Fsp3) is 0.250. The zero-order valence-electron chi connectivity index (χ0n) is 10.5. The second kappa shape index (κ2) is 5.64. The van der Waals surface area contributed by atoms with Crippen LogP contribution in [0.5, 0.6) is 0 Å². The Morgan fingerprint density at radius 2 is 2.06 bits per heavy atom. The number of pyridine rings is 1. The molecule has 18 heavy (non-hydrogen) atoms. The molecule has 0 aromatic carbocycles. The van der Waals surface area contributed by atoms with Crippen molar-refractivity contribution in [3.05, 3.63) is 40.3 Å². The van der Waals surface area contributed by atoms with Gasteiger partial charge >= 0.3 is 0 Å². The van der Waals surface area contributed by atoms with Crippen molar-refractivity contribution in [2.75, 3.05) is 14.1 Å². The predicted octanol–water partition coefficient (Wildman–Crippen LogP) is 1.58. The van der Waals surface area contributed by atoms with E-state index in [0.717, 1.165) is 0 Å². The van der Waals surface area contributed by atoms with E-state index in [4.69, 9.17) is 22.7 Å². The number of nitrogens with zero attached hydrogens (tertiary/aromatic N) is 2. The first kappa shape index (κ1) is 14.2. The first-order chi connectivity index (χ1) is 8.34. The van der Waals surface area contributed by atoms with E-state index in [2.05, 4.69) is 4.98 Å². The number of nitrogens with two attached hydrogens (primary N) is 1. The van der Waals surface area contributed by atoms with Crippen molar-refractivity contribution in [2.45, 2.75) is 6.92 Å². The standard InChI is InChI=1S/C12H15ClN4O/c1-7(14)10(13)11(15)8-4-5-9(16-6-8)12(18)17(2)3/h4-6,15H,14H2,1-3H3/b10-7+,15-11?. The molecule has 0 atom stereocenters. The molecule has 0 aliphatic rings. The maximum absolute atomic E-state index is 11.6. The van der Waals surface area contributed by atoms with Crippen LogP contribution in [0.1, 0.15) is 23.0 Å². The van der Waals surface area contributed by atoms with Gasteiger partial charge in [0.25, 0.3) is 5.91 Å². The largest absolute Gasteiger partial charge is 0.401 e. The Bertz CT molecular complexity index is 501. The lowest BCUT2D eigenvalue weighted by molar-refractivity contribution is 0.0822. The van der Waals surface area contributed by atoms with E-state index in [1.165, 1.54) is 11.1 Å². The summed E-state index contributed by atoms with van der Waals surface area (Å²) < 4.78 is 0. The van der Waals surface area contributed by atoms with E-state index in [1.807, 2.05) is 0 Å². The molecule has 6 heteroatoms. The first-order valence-electron chi connectivity index (χ1n) is 5.23. The molecule has 0 aliphatic heterocycles. The first-order valence-corrected chi connectivity index (χ1v) is 5.61. The molecule has 1 rings (SSSR count). The fourth-order valence-corrected chi connectivity index (χ4v) is 1.33. The minimum atomic E-state index is -0.190. The van der Waals surface area contributed by atoms with Crippen molar-refractivity contribution in [1.29, 1.82) is 5.41 Å². The van der Waals surface area contributed by atoms with E-state index >= 15 is 0 Å². The molecule has 3 N–H and O–H groups in total. The molecule has 1 amide bonds. The van der Waals surface area contributed by atoms with Crippen LogP contribution in [0.15, 0.2) is 29.1 Å². The molecule has 1 aromatic heterocycles. The van der Waals surface area contributed by atoms with Gasteiger partial charge in [-0.3, -0.25) is 15.2 Å². The van der Waals surface area contributed by atoms with E-state index in [9.17, 15) is 4.79 Å². The quantitative estimate of drug-likeness (QED) is 0.815. The van der Waals surface area contributed by atoms with Crippen molar-refractivity contribution < 1.29 is 4.79 Å². The number of carbonyl (C=O) groups is 1. The molecule has 0 bridgehead atoms. The predicted molar refractivity (Wildman–Crippen MR) is 71.8 cm³/mol. The van der Waals surface area contributed by atoms with Gasteiger partial charge < -0.3 is 10.6 Å². The van der Waals surface area contributed by atoms with Crippen LogP contribution in [0, 0.1) is 5.41 Å². The number of rotatable bonds is 3. The molecular weight excluding hydrogens is 252 g/mol. The number of nitrogens with one attached hydrogen (secondary N) is 1. The average Bonchev–Trinajstić information content (AvgIpc) is 2.36. The van der Waals surface area contributed by atoms with Gasteiger partial charge in [-0.2, -0.15) is 0 Å². The summed E-state index contributed by atoms with van der Waals surface area (Å²) in [5, 5.41) is 8.01. The van der Waals surface area contributed by atoms with Gasteiger partial charge in [0, 0.05) is 31.6 Å². The zero-order valence-corrected chi connectivity index (χ0v) is 11.2. The van der Waals surface area contributed by atoms with Crippen LogP contribution >= 0.6 is 11.6 Å². The van der Waals surface area contributed by atoms with Crippen LogP contribution in [0.25, 0.3) is 0 Å². The molecule has 0 unspecified atom stereocenters. The van der Waals surface area contributed by atoms with Crippen molar-refractivity contribution in [3.63, 3.8) is 0 Å². The molecule has 0 saturated carbocycles. The van der Waals surface area contributed by atoms with E-state index < -0.39 is 0 Å². The number of halogens is 1. The van der Waals surface area contributed by atoms with E-state index in [-0.39, 0.29) is 16.7 Å². The Morgan fingerprint density at radius 3 is 2.44 bits per heavy atom. The van der Waals surface area contributed by atoms with Crippen molar-refractivity contribution in [2.24, 2.45) is 5.73 Å². The highest BCUT2D eigenvalue weighted by atomic mass is 35.5. The Balaban J connectivity index is 3.01. The van der Waals surface area contributed by atoms with Gasteiger partial charge in [0.2, 0.25) is 0 Å². The van der Waals surface area contributed by atoms with Crippen LogP contribution in [-0.2, 0) is 0 Å². The highest BCUT2D eigenvalue weighted by Gasteiger charge is 2.12. The molecule has 0 radical (unpaired) electrons. The molecule has 0 fully saturated rings. The molecule has 1 aromatic rings. The van der Waals surface area contributed by atoms with Gasteiger partial charge in [0.15, 0.2) is 0 Å². The smallest absolute Gasteiger partial charge is 0.271 e. The van der Waals surface area contributed by atoms with Crippen LogP contribution in [0.3, 0.4) is 0 Å². The lowest BCUT2D eigenvalue weighted by Gasteiger charge is -2.10. The maximum atomic E-state index is 11.6. The third-order valence-electron chi connectivity index (χ3n) is 2.24. The van der Waals surface area contributed by atoms with Crippen molar-refractivity contribution in [1.82, 2.24) is 9.88 Å². The fourth-order valence-electron chi connectivity index (χ4n) is 1.22. The minimum Gasteiger partial charge on any atom is -0.401 e. The Kier molecular flexibility index (Phi) is 4.44. The summed E-state index contributed by atoms with van der Waals surface area (Å²) in [6.07, 6.45) is 1.43. The molecule has 96 valence electrons. The zero-order chi connectivity index (χ0) is 13.9. The van der Waals surface area contributed by atoms with Gasteiger partial charge in [-0.15, -0.1) is 0 Å². The molecule has 0 saturated heterocycles. The van der Waals surface area contributed by atoms with Gasteiger partial charge in [-0.05, 0) is 19.1 Å². The Morgan fingerprint density at radius 1 is 1.44 bits per heavy atom. The summed E-state index contributed by atoms with van der Waals surface area (Å²) in [5.41, 5.74) is 6.81. The number of aromatic nitrogens is 1. The minimum absolute atomic E-state index is 0.0908. The van der Waals surface area contributed by atoms with E-state index in [0.29, 0.717) is 17.0 Å². The number of hydrogen-bond acceptors (Lipinski definition) is 4. The second-order valence-corrected chi connectivity index (χ2v) is 4.38. The topological polar surface area (TPSA) is 83.1 Å². The van der Waals surface area contributed by atoms with Crippen molar-refractivity contribution >= 4 is 23.2 Å². The number of amides is 1. The van der Waals surface area contributed by atoms with Gasteiger partial charge in [-0.25, -0.2) is 0 Å². The number of allylic oxidation sites excluding steroid dienone is 2. The summed E-state index contributed by atoms with van der Waals surface area (Å²) in [5.74, 6) is -0.190. The number of carbonyl (C=O) groups excluding carboxylic acids is 1. The molecule has 1 heterocycles. The summed E-state index contributed by atoms with van der Waals surface area (Å²) in [6.45, 7) is 1.62. The van der Waals surface area contributed by atoms with Crippen LogP contribution in [0.2, 0.25) is 0 Å². The lowest BCUT2D eigenvalue weighted by Crippen LogP contribution is -2.22.